The minimum atomic E-state index is -0.744. The predicted molar refractivity (Wildman–Crippen MR) is 130 cm³/mol. The van der Waals surface area contributed by atoms with Gasteiger partial charge in [-0.05, 0) is 55.9 Å². The number of aliphatic imine (C=N–C) groups is 1. The number of nitrogens with zero attached hydrogens (tertiary/aromatic N) is 1. The van der Waals surface area contributed by atoms with Gasteiger partial charge in [0.05, 0.1) is 18.8 Å². The lowest BCUT2D eigenvalue weighted by molar-refractivity contribution is -0.137. The quantitative estimate of drug-likeness (QED) is 0.135. The first kappa shape index (κ1) is 25.2. The van der Waals surface area contributed by atoms with Crippen molar-refractivity contribution in [1.82, 2.24) is 0 Å². The molecule has 5 heteroatoms. The van der Waals surface area contributed by atoms with Crippen molar-refractivity contribution in [2.75, 3.05) is 13.2 Å². The lowest BCUT2D eigenvalue weighted by Crippen LogP contribution is -2.08. The highest BCUT2D eigenvalue weighted by Gasteiger charge is 2.24. The first-order valence-corrected chi connectivity index (χ1v) is 11.2. The molecule has 5 nitrogen and oxygen atoms in total. The fourth-order valence-corrected chi connectivity index (χ4v) is 3.47. The summed E-state index contributed by atoms with van der Waals surface area (Å²) in [5, 5.41) is 9.06. The number of ether oxygens (including phenoxy) is 2. The Labute approximate surface area is 191 Å². The maximum atomic E-state index is 11.0. The molecule has 0 fully saturated rings. The second-order valence-electron chi connectivity index (χ2n) is 8.04. The Morgan fingerprint density at radius 3 is 2.78 bits per heavy atom. The molecule has 0 saturated carbocycles. The smallest absolute Gasteiger partial charge is 0.303 e. The molecule has 0 aromatic heterocycles. The fraction of sp³-hybridized carbons (Fsp3) is 0.407. The summed E-state index contributed by atoms with van der Waals surface area (Å²) in [6.45, 7) is 14.8. The Balaban J connectivity index is 1.92. The molecule has 0 spiro atoms. The largest absolute Gasteiger partial charge is 0.494 e. The third-order valence-electron chi connectivity index (χ3n) is 5.45. The zero-order valence-electron chi connectivity index (χ0n) is 19.5. The lowest BCUT2D eigenvalue weighted by atomic mass is 9.98. The number of benzene rings is 1. The van der Waals surface area contributed by atoms with Gasteiger partial charge in [-0.2, -0.15) is 0 Å². The van der Waals surface area contributed by atoms with Crippen LogP contribution >= 0.6 is 0 Å². The lowest BCUT2D eigenvalue weighted by Gasteiger charge is -2.12. The Bertz CT molecular complexity index is 924. The van der Waals surface area contributed by atoms with Crippen LogP contribution in [0.5, 0.6) is 5.75 Å². The first-order chi connectivity index (χ1) is 15.3. The van der Waals surface area contributed by atoms with Gasteiger partial charge in [-0.3, -0.25) is 9.79 Å². The molecule has 2 rings (SSSR count). The van der Waals surface area contributed by atoms with Crippen LogP contribution in [0.2, 0.25) is 0 Å². The molecule has 1 atom stereocenters. The number of aryl methyl sites for hydroxylation is 1. The molecule has 1 aliphatic rings. The Morgan fingerprint density at radius 2 is 2.09 bits per heavy atom. The molecule has 0 heterocycles. The predicted octanol–water partition coefficient (Wildman–Crippen LogP) is 6.38. The zero-order valence-corrected chi connectivity index (χ0v) is 19.5. The van der Waals surface area contributed by atoms with E-state index in [0.29, 0.717) is 24.8 Å². The number of allylic oxidation sites excluding steroid dienone is 5. The molecular weight excluding hydrogens is 402 g/mol. The van der Waals surface area contributed by atoms with Crippen LogP contribution in [0.3, 0.4) is 0 Å². The highest BCUT2D eigenvalue weighted by atomic mass is 16.5. The van der Waals surface area contributed by atoms with Crippen LogP contribution in [0.25, 0.3) is 0 Å². The standard InChI is InChI=1S/C27H35NO4/c1-6-19(3)9-10-20(4)27(32-21(5)7-2)28-15-8-16-31-24-13-14-25-22(17-24)11-12-23(25)18-26(29)30/h6,9-10,13-14,17,23H,1,5,7-8,11-12,15-16,18H2,2-4H3,(H,29,30). The molecular formula is C27H35NO4. The second-order valence-corrected chi connectivity index (χ2v) is 8.04. The maximum absolute atomic E-state index is 11.0. The summed E-state index contributed by atoms with van der Waals surface area (Å²) in [6, 6.07) is 5.99. The monoisotopic (exact) mass is 437 g/mol. The van der Waals surface area contributed by atoms with Gasteiger partial charge in [0, 0.05) is 25.0 Å². The molecule has 1 aliphatic carbocycles. The highest BCUT2D eigenvalue weighted by Crippen LogP contribution is 2.37. The first-order valence-electron chi connectivity index (χ1n) is 11.2. The average Bonchev–Trinajstić information content (AvgIpc) is 3.17. The summed E-state index contributed by atoms with van der Waals surface area (Å²) >= 11 is 0. The summed E-state index contributed by atoms with van der Waals surface area (Å²) < 4.78 is 11.7. The van der Waals surface area contributed by atoms with Gasteiger partial charge in [-0.25, -0.2) is 0 Å². The van der Waals surface area contributed by atoms with Crippen LogP contribution in [0, 0.1) is 0 Å². The van der Waals surface area contributed by atoms with Crippen molar-refractivity contribution < 1.29 is 19.4 Å². The van der Waals surface area contributed by atoms with E-state index in [0.717, 1.165) is 48.1 Å². The van der Waals surface area contributed by atoms with Crippen molar-refractivity contribution in [1.29, 1.82) is 0 Å². The Morgan fingerprint density at radius 1 is 1.31 bits per heavy atom. The van der Waals surface area contributed by atoms with Crippen LogP contribution in [0.4, 0.5) is 0 Å². The molecule has 0 saturated heterocycles. The topological polar surface area (TPSA) is 68.1 Å². The number of carboxylic acids is 1. The summed E-state index contributed by atoms with van der Waals surface area (Å²) in [4.78, 5) is 15.6. The van der Waals surface area contributed by atoms with Gasteiger partial charge in [0.25, 0.3) is 0 Å². The van der Waals surface area contributed by atoms with Crippen molar-refractivity contribution in [2.24, 2.45) is 4.99 Å². The van der Waals surface area contributed by atoms with E-state index < -0.39 is 5.97 Å². The summed E-state index contributed by atoms with van der Waals surface area (Å²) in [6.07, 6.45) is 9.21. The number of hydrogen-bond acceptors (Lipinski definition) is 4. The van der Waals surface area contributed by atoms with E-state index in [1.165, 1.54) is 5.56 Å². The molecule has 172 valence electrons. The maximum Gasteiger partial charge on any atom is 0.303 e. The van der Waals surface area contributed by atoms with Crippen molar-refractivity contribution in [3.05, 3.63) is 77.6 Å². The average molecular weight is 438 g/mol. The number of fused-ring (bicyclic) bond motifs is 1. The van der Waals surface area contributed by atoms with E-state index >= 15 is 0 Å². The second kappa shape index (κ2) is 12.7. The van der Waals surface area contributed by atoms with Gasteiger partial charge in [0.15, 0.2) is 0 Å². The van der Waals surface area contributed by atoms with E-state index in [1.54, 1.807) is 6.08 Å². The molecule has 0 aliphatic heterocycles. The minimum absolute atomic E-state index is 0.114. The number of rotatable bonds is 12. The molecule has 32 heavy (non-hydrogen) atoms. The normalized spacial score (nSPS) is 16.5. The van der Waals surface area contributed by atoms with Gasteiger partial charge in [-0.15, -0.1) is 0 Å². The molecule has 1 N–H and O–H groups in total. The summed E-state index contributed by atoms with van der Waals surface area (Å²) in [5.41, 5.74) is 4.33. The van der Waals surface area contributed by atoms with Crippen LogP contribution in [0.15, 0.2) is 71.5 Å². The van der Waals surface area contributed by atoms with Gasteiger partial charge in [0.1, 0.15) is 5.75 Å². The molecule has 1 aromatic carbocycles. The minimum Gasteiger partial charge on any atom is -0.494 e. The fourth-order valence-electron chi connectivity index (χ4n) is 3.47. The van der Waals surface area contributed by atoms with E-state index in [9.17, 15) is 4.79 Å². The third-order valence-corrected chi connectivity index (χ3v) is 5.45. The van der Waals surface area contributed by atoms with Crippen molar-refractivity contribution in [3.8, 4) is 5.75 Å². The van der Waals surface area contributed by atoms with E-state index in [1.807, 2.05) is 51.1 Å². The van der Waals surface area contributed by atoms with Crippen molar-refractivity contribution in [3.63, 3.8) is 0 Å². The molecule has 1 aromatic rings. The van der Waals surface area contributed by atoms with Gasteiger partial charge in [-0.1, -0.05) is 49.9 Å². The van der Waals surface area contributed by atoms with E-state index in [-0.39, 0.29) is 12.3 Å². The molecule has 0 radical (unpaired) electrons. The van der Waals surface area contributed by atoms with Crippen LogP contribution in [-0.4, -0.2) is 30.1 Å². The zero-order chi connectivity index (χ0) is 23.5. The molecule has 1 unspecified atom stereocenters. The highest BCUT2D eigenvalue weighted by molar-refractivity contribution is 5.93. The number of carboxylic acid groups (broad SMARTS) is 1. The van der Waals surface area contributed by atoms with Crippen LogP contribution in [-0.2, 0) is 16.0 Å². The number of carbonyl (C=O) groups is 1. The molecule has 0 amide bonds. The molecule has 0 bridgehead atoms. The van der Waals surface area contributed by atoms with Gasteiger partial charge in [0.2, 0.25) is 5.90 Å². The van der Waals surface area contributed by atoms with Crippen molar-refractivity contribution >= 4 is 11.9 Å². The third kappa shape index (κ3) is 7.88. The van der Waals surface area contributed by atoms with E-state index in [2.05, 4.69) is 18.2 Å². The van der Waals surface area contributed by atoms with Crippen LogP contribution < -0.4 is 4.74 Å². The van der Waals surface area contributed by atoms with Gasteiger partial charge < -0.3 is 14.6 Å². The Hall–Kier alpha value is -3.08. The SMILES string of the molecule is C=CC(C)=CC=C(C)C(=NCCCOc1ccc2c(c1)CCC2CC(=O)O)OC(=C)CC. The number of hydrogen-bond donors (Lipinski definition) is 1. The van der Waals surface area contributed by atoms with Gasteiger partial charge >= 0.3 is 5.97 Å². The van der Waals surface area contributed by atoms with E-state index in [4.69, 9.17) is 14.6 Å². The van der Waals surface area contributed by atoms with Crippen molar-refractivity contribution in [2.45, 2.75) is 58.8 Å². The number of aliphatic carboxylic acids is 1. The Kier molecular flexibility index (Phi) is 9.99. The van der Waals surface area contributed by atoms with Crippen LogP contribution in [0.1, 0.15) is 63.5 Å². The summed E-state index contributed by atoms with van der Waals surface area (Å²) in [5.74, 6) is 1.44. The summed E-state index contributed by atoms with van der Waals surface area (Å²) in [7, 11) is 0.